The van der Waals surface area contributed by atoms with Gasteiger partial charge in [0.1, 0.15) is 0 Å². The molecule has 2 N–H and O–H groups in total. The smallest absolute Gasteiger partial charge is 0.0991 e. The molecule has 2 rings (SSSR count). The predicted octanol–water partition coefficient (Wildman–Crippen LogP) is 5.59. The van der Waals surface area contributed by atoms with Gasteiger partial charge in [-0.2, -0.15) is 5.26 Å². The van der Waals surface area contributed by atoms with Gasteiger partial charge in [0.2, 0.25) is 0 Å². The molecule has 1 unspecified atom stereocenters. The van der Waals surface area contributed by atoms with Crippen molar-refractivity contribution in [3.8, 4) is 6.07 Å². The van der Waals surface area contributed by atoms with E-state index in [4.69, 9.17) is 10.4 Å². The first kappa shape index (κ1) is 24.5. The predicted molar refractivity (Wildman–Crippen MR) is 133 cm³/mol. The van der Waals surface area contributed by atoms with E-state index in [0.29, 0.717) is 23.4 Å². The van der Waals surface area contributed by atoms with Gasteiger partial charge in [0.05, 0.1) is 28.7 Å². The van der Waals surface area contributed by atoms with E-state index in [9.17, 15) is 5.26 Å². The molecule has 1 atom stereocenters. The van der Waals surface area contributed by atoms with Gasteiger partial charge in [-0.1, -0.05) is 38.6 Å². The summed E-state index contributed by atoms with van der Waals surface area (Å²) in [5, 5.41) is 21.1. The van der Waals surface area contributed by atoms with Gasteiger partial charge in [-0.3, -0.25) is 15.4 Å². The van der Waals surface area contributed by atoms with E-state index >= 15 is 0 Å². The molecule has 0 aliphatic heterocycles. The molecule has 0 radical (unpaired) electrons. The third-order valence-electron chi connectivity index (χ3n) is 5.28. The second-order valence-corrected chi connectivity index (χ2v) is 7.61. The van der Waals surface area contributed by atoms with Crippen LogP contribution in [0.3, 0.4) is 0 Å². The zero-order valence-electron chi connectivity index (χ0n) is 19.3. The third kappa shape index (κ3) is 6.61. The molecular formula is C27H31N5. The molecule has 5 heteroatoms. The molecule has 0 aliphatic rings. The number of hydrogen-bond donors (Lipinski definition) is 2. The molecule has 32 heavy (non-hydrogen) atoms. The van der Waals surface area contributed by atoms with E-state index < -0.39 is 0 Å². The first-order valence-electron chi connectivity index (χ1n) is 10.7. The zero-order valence-corrected chi connectivity index (χ0v) is 19.3. The molecule has 5 nitrogen and oxygen atoms in total. The van der Waals surface area contributed by atoms with Gasteiger partial charge < -0.3 is 5.32 Å². The minimum absolute atomic E-state index is 0.240. The van der Waals surface area contributed by atoms with Crippen LogP contribution in [-0.2, 0) is 6.42 Å². The number of pyridine rings is 1. The Balaban J connectivity index is 2.54. The van der Waals surface area contributed by atoms with Crippen LogP contribution in [0.25, 0.3) is 0 Å². The number of nitrogens with zero attached hydrogens (tertiary/aromatic N) is 3. The summed E-state index contributed by atoms with van der Waals surface area (Å²) in [6.45, 7) is 10.1. The summed E-state index contributed by atoms with van der Waals surface area (Å²) in [4.78, 5) is 9.06. The van der Waals surface area contributed by atoms with Gasteiger partial charge in [-0.15, -0.1) is 0 Å². The maximum atomic E-state index is 9.47. The minimum Gasteiger partial charge on any atom is -0.391 e. The van der Waals surface area contributed by atoms with Gasteiger partial charge in [-0.05, 0) is 66.3 Å². The van der Waals surface area contributed by atoms with Crippen LogP contribution in [0.1, 0.15) is 49.6 Å². The lowest BCUT2D eigenvalue weighted by Gasteiger charge is -2.18. The molecule has 2 aromatic rings. The number of nitrogens with one attached hydrogen (secondary N) is 2. The van der Waals surface area contributed by atoms with E-state index in [0.717, 1.165) is 34.5 Å². The topological polar surface area (TPSA) is 84.9 Å². The van der Waals surface area contributed by atoms with Gasteiger partial charge in [0.25, 0.3) is 0 Å². The van der Waals surface area contributed by atoms with Crippen LogP contribution < -0.4 is 5.32 Å². The highest BCUT2D eigenvalue weighted by molar-refractivity contribution is 6.06. The van der Waals surface area contributed by atoms with E-state index in [2.05, 4.69) is 36.8 Å². The summed E-state index contributed by atoms with van der Waals surface area (Å²) >= 11 is 0. The number of hydrogen-bond acceptors (Lipinski definition) is 5. The average Bonchev–Trinajstić information content (AvgIpc) is 2.84. The number of allylic oxidation sites excluding steroid dienone is 4. The molecule has 1 aromatic carbocycles. The van der Waals surface area contributed by atoms with Gasteiger partial charge in [-0.25, -0.2) is 0 Å². The van der Waals surface area contributed by atoms with Crippen molar-refractivity contribution >= 4 is 11.4 Å². The number of rotatable bonds is 10. The van der Waals surface area contributed by atoms with Crippen LogP contribution in [-0.4, -0.2) is 23.5 Å². The molecule has 0 saturated heterocycles. The number of nitriles is 1. The van der Waals surface area contributed by atoms with Gasteiger partial charge in [0, 0.05) is 31.6 Å². The normalized spacial score (nSPS) is 13.3. The highest BCUT2D eigenvalue weighted by Crippen LogP contribution is 2.22. The van der Waals surface area contributed by atoms with E-state index in [1.165, 1.54) is 0 Å². The summed E-state index contributed by atoms with van der Waals surface area (Å²) in [5.74, 6) is 0.240. The Labute approximate surface area is 191 Å². The summed E-state index contributed by atoms with van der Waals surface area (Å²) in [5.41, 5.74) is 6.35. The highest BCUT2D eigenvalue weighted by Gasteiger charge is 2.17. The Morgan fingerprint density at radius 2 is 2.12 bits per heavy atom. The third-order valence-corrected chi connectivity index (χ3v) is 5.28. The molecule has 0 fully saturated rings. The largest absolute Gasteiger partial charge is 0.391 e. The van der Waals surface area contributed by atoms with Gasteiger partial charge >= 0.3 is 0 Å². The Kier molecular flexibility index (Phi) is 9.31. The van der Waals surface area contributed by atoms with E-state index in [1.807, 2.05) is 56.6 Å². The van der Waals surface area contributed by atoms with Crippen molar-refractivity contribution in [1.29, 1.82) is 10.7 Å². The van der Waals surface area contributed by atoms with E-state index in [1.54, 1.807) is 18.3 Å². The summed E-state index contributed by atoms with van der Waals surface area (Å²) < 4.78 is 0. The molecule has 0 aliphatic carbocycles. The highest BCUT2D eigenvalue weighted by atomic mass is 14.8. The van der Waals surface area contributed by atoms with Crippen LogP contribution in [0.2, 0.25) is 0 Å². The van der Waals surface area contributed by atoms with E-state index in [-0.39, 0.29) is 5.92 Å². The molecule has 164 valence electrons. The van der Waals surface area contributed by atoms with Crippen molar-refractivity contribution in [3.05, 3.63) is 101 Å². The Morgan fingerprint density at radius 1 is 1.34 bits per heavy atom. The van der Waals surface area contributed by atoms with Crippen molar-refractivity contribution < 1.29 is 0 Å². The number of aromatic nitrogens is 1. The standard InChI is InChI=1S/C27H31N5/c1-6-19(3)18-32-27(20(4)7-2)24-12-11-21(17-28)14-22(24)15-23(30-5)16-25(29)26-10-8-9-13-31-26/h6,8-14,16,18,20,29-30H,1,7,15H2,2-5H3/b19-18-,23-16-,29-25?,32-27+. The zero-order chi connectivity index (χ0) is 23.5. The van der Waals surface area contributed by atoms with Crippen LogP contribution in [0, 0.1) is 22.7 Å². The van der Waals surface area contributed by atoms with Crippen LogP contribution in [0.4, 0.5) is 0 Å². The quantitative estimate of drug-likeness (QED) is 0.384. The lowest BCUT2D eigenvalue weighted by atomic mass is 9.89. The number of likely N-dealkylation sites (N-methyl/N-ethyl adjacent to an activating group) is 1. The van der Waals surface area contributed by atoms with Crippen molar-refractivity contribution in [1.82, 2.24) is 10.3 Å². The Bertz CT molecular complexity index is 1080. The molecule has 0 bridgehead atoms. The minimum atomic E-state index is 0.240. The number of benzene rings is 1. The Hall–Kier alpha value is -3.78. The van der Waals surface area contributed by atoms with Crippen molar-refractivity contribution in [2.45, 2.75) is 33.6 Å². The fraction of sp³-hybridized carbons (Fsp3) is 0.259. The molecular weight excluding hydrogens is 394 g/mol. The first-order valence-corrected chi connectivity index (χ1v) is 10.7. The molecule has 1 heterocycles. The fourth-order valence-electron chi connectivity index (χ4n) is 3.13. The molecule has 0 saturated carbocycles. The van der Waals surface area contributed by atoms with Crippen molar-refractivity contribution in [3.63, 3.8) is 0 Å². The monoisotopic (exact) mass is 425 g/mol. The number of aliphatic imine (C=N–C) groups is 1. The lowest BCUT2D eigenvalue weighted by Crippen LogP contribution is -2.17. The first-order chi connectivity index (χ1) is 15.4. The molecule has 1 aromatic heterocycles. The van der Waals surface area contributed by atoms with Crippen molar-refractivity contribution in [2.24, 2.45) is 10.9 Å². The lowest BCUT2D eigenvalue weighted by molar-refractivity contribution is 0.739. The maximum Gasteiger partial charge on any atom is 0.0991 e. The fourth-order valence-corrected chi connectivity index (χ4v) is 3.13. The molecule has 0 amide bonds. The average molecular weight is 426 g/mol. The van der Waals surface area contributed by atoms with Crippen LogP contribution in [0.5, 0.6) is 0 Å². The SMILES string of the molecule is C=C/C(C)=C\N=C(\c1ccc(C#N)cc1C/C(=C/C(=N)c1ccccn1)NC)C(C)CC. The van der Waals surface area contributed by atoms with Crippen LogP contribution >= 0.6 is 0 Å². The van der Waals surface area contributed by atoms with Crippen LogP contribution in [0.15, 0.2) is 83.8 Å². The van der Waals surface area contributed by atoms with Crippen molar-refractivity contribution in [2.75, 3.05) is 7.05 Å². The Morgan fingerprint density at radius 3 is 2.72 bits per heavy atom. The summed E-state index contributed by atoms with van der Waals surface area (Å²) in [6.07, 6.45) is 8.56. The summed E-state index contributed by atoms with van der Waals surface area (Å²) in [6, 6.07) is 13.5. The molecule has 0 spiro atoms. The summed E-state index contributed by atoms with van der Waals surface area (Å²) in [7, 11) is 1.84. The second-order valence-electron chi connectivity index (χ2n) is 7.61. The maximum absolute atomic E-state index is 9.47. The van der Waals surface area contributed by atoms with Gasteiger partial charge in [0.15, 0.2) is 0 Å². The second kappa shape index (κ2) is 12.2.